The molecule has 0 bridgehead atoms. The molecule has 0 aromatic carbocycles. The van der Waals surface area contributed by atoms with Crippen LogP contribution in [0.4, 0.5) is 10.8 Å². The van der Waals surface area contributed by atoms with Crippen molar-refractivity contribution in [1.82, 2.24) is 13.6 Å². The Bertz CT molecular complexity index is 628. The molecule has 0 spiro atoms. The Balaban J connectivity index is 1.87. The van der Waals surface area contributed by atoms with Crippen LogP contribution in [0.2, 0.25) is 0 Å². The van der Waals surface area contributed by atoms with E-state index < -0.39 is 10.0 Å². The summed E-state index contributed by atoms with van der Waals surface area (Å²) in [5.74, 6) is 0.0810. The highest BCUT2D eigenvalue weighted by atomic mass is 32.2. The Morgan fingerprint density at radius 2 is 2.14 bits per heavy atom. The van der Waals surface area contributed by atoms with Crippen molar-refractivity contribution in [3.05, 3.63) is 0 Å². The van der Waals surface area contributed by atoms with E-state index in [9.17, 15) is 8.42 Å². The highest BCUT2D eigenvalue weighted by molar-refractivity contribution is 7.89. The van der Waals surface area contributed by atoms with Crippen LogP contribution in [0.5, 0.6) is 0 Å². The van der Waals surface area contributed by atoms with E-state index in [1.807, 2.05) is 0 Å². The molecule has 2 atom stereocenters. The quantitative estimate of drug-likeness (QED) is 0.840. The topological polar surface area (TPSA) is 91.6 Å². The number of fused-ring (bicyclic) bond motifs is 1. The lowest BCUT2D eigenvalue weighted by molar-refractivity contribution is 0.318. The number of aromatic nitrogens is 1. The number of hydrogen-bond donors (Lipinski definition) is 2. The van der Waals surface area contributed by atoms with Crippen molar-refractivity contribution in [2.45, 2.75) is 36.2 Å². The minimum atomic E-state index is -3.58. The van der Waals surface area contributed by atoms with Gasteiger partial charge in [0.2, 0.25) is 10.0 Å². The molecule has 0 saturated carbocycles. The number of nitrogens with one attached hydrogen (secondary N) is 1. The fraction of sp³-hybridized carbons (Fsp3) is 0.750. The molecule has 7 nitrogen and oxygen atoms in total. The van der Waals surface area contributed by atoms with Gasteiger partial charge in [0, 0.05) is 32.7 Å². The first kappa shape index (κ1) is 15.0. The summed E-state index contributed by atoms with van der Waals surface area (Å²) in [6.07, 6.45) is 3.42. The van der Waals surface area contributed by atoms with E-state index in [0.717, 1.165) is 31.0 Å². The molecular weight excluding hydrogens is 310 g/mol. The highest BCUT2D eigenvalue weighted by Gasteiger charge is 2.38. The second-order valence-corrected chi connectivity index (χ2v) is 8.66. The third-order valence-corrected chi connectivity index (χ3v) is 7.15. The Morgan fingerprint density at radius 1 is 1.38 bits per heavy atom. The maximum atomic E-state index is 12.4. The second-order valence-electron chi connectivity index (χ2n) is 5.80. The van der Waals surface area contributed by atoms with Gasteiger partial charge >= 0.3 is 0 Å². The first-order valence-corrected chi connectivity index (χ1v) is 9.31. The van der Waals surface area contributed by atoms with E-state index in [1.54, 1.807) is 0 Å². The fourth-order valence-electron chi connectivity index (χ4n) is 3.24. The van der Waals surface area contributed by atoms with Crippen LogP contribution in [0.15, 0.2) is 4.90 Å². The smallest absolute Gasteiger partial charge is 0.249 e. The molecule has 0 amide bonds. The normalized spacial score (nSPS) is 26.4. The van der Waals surface area contributed by atoms with Gasteiger partial charge in [-0.15, -0.1) is 0 Å². The summed E-state index contributed by atoms with van der Waals surface area (Å²) in [4.78, 5) is 2.59. The van der Waals surface area contributed by atoms with Crippen molar-refractivity contribution in [3.8, 4) is 0 Å². The summed E-state index contributed by atoms with van der Waals surface area (Å²) in [5.41, 5.74) is 5.79. The maximum Gasteiger partial charge on any atom is 0.249 e. The van der Waals surface area contributed by atoms with E-state index >= 15 is 0 Å². The molecule has 1 aromatic heterocycles. The predicted molar refractivity (Wildman–Crippen MR) is 84.0 cm³/mol. The van der Waals surface area contributed by atoms with Crippen LogP contribution in [-0.2, 0) is 10.0 Å². The SMILES string of the molecule is CN(C)S(=O)(=O)c1c(N)nsc1NC1CCN2CCCC12. The first-order chi connectivity index (χ1) is 9.91. The lowest BCUT2D eigenvalue weighted by Gasteiger charge is -2.22. The molecule has 0 radical (unpaired) electrons. The molecule has 1 aromatic rings. The van der Waals surface area contributed by atoms with Crippen molar-refractivity contribution in [2.24, 2.45) is 0 Å². The number of nitrogen functional groups attached to an aromatic ring is 1. The standard InChI is InChI=1S/C12H21N5O2S2/c1-16(2)21(18,19)10-11(13)15-20-12(10)14-8-5-7-17-6-3-4-9(8)17/h8-9,14H,3-7H2,1-2H3,(H2,13,15). The highest BCUT2D eigenvalue weighted by Crippen LogP contribution is 2.36. The second kappa shape index (κ2) is 5.38. The number of nitrogens with two attached hydrogens (primary N) is 1. The van der Waals surface area contributed by atoms with E-state index in [2.05, 4.69) is 14.6 Å². The van der Waals surface area contributed by atoms with Crippen LogP contribution in [0.3, 0.4) is 0 Å². The molecule has 3 heterocycles. The molecule has 3 rings (SSSR count). The molecule has 21 heavy (non-hydrogen) atoms. The van der Waals surface area contributed by atoms with Crippen LogP contribution in [-0.4, -0.2) is 61.3 Å². The first-order valence-electron chi connectivity index (χ1n) is 7.09. The van der Waals surface area contributed by atoms with Gasteiger partial charge in [-0.05, 0) is 37.3 Å². The van der Waals surface area contributed by atoms with Gasteiger partial charge in [-0.1, -0.05) is 0 Å². The molecule has 9 heteroatoms. The molecule has 2 fully saturated rings. The van der Waals surface area contributed by atoms with Gasteiger partial charge in [-0.25, -0.2) is 12.7 Å². The van der Waals surface area contributed by atoms with E-state index in [4.69, 9.17) is 5.73 Å². The fourth-order valence-corrected chi connectivity index (χ4v) is 5.36. The third-order valence-electron chi connectivity index (χ3n) is 4.34. The van der Waals surface area contributed by atoms with Crippen LogP contribution < -0.4 is 11.1 Å². The summed E-state index contributed by atoms with van der Waals surface area (Å²) < 4.78 is 30.0. The van der Waals surface area contributed by atoms with Gasteiger partial charge in [0.1, 0.15) is 5.00 Å². The molecule has 2 saturated heterocycles. The molecule has 2 unspecified atom stereocenters. The number of rotatable bonds is 4. The summed E-state index contributed by atoms with van der Waals surface area (Å²) in [6, 6.07) is 0.784. The van der Waals surface area contributed by atoms with E-state index in [0.29, 0.717) is 11.0 Å². The summed E-state index contributed by atoms with van der Waals surface area (Å²) in [6.45, 7) is 2.23. The lowest BCUT2D eigenvalue weighted by Crippen LogP contribution is -2.34. The Kier molecular flexibility index (Phi) is 3.85. The van der Waals surface area contributed by atoms with Crippen LogP contribution in [0, 0.1) is 0 Å². The van der Waals surface area contributed by atoms with Crippen molar-refractivity contribution in [1.29, 1.82) is 0 Å². The Morgan fingerprint density at radius 3 is 2.86 bits per heavy atom. The predicted octanol–water partition coefficient (Wildman–Crippen LogP) is 0.624. The average molecular weight is 331 g/mol. The molecule has 0 aliphatic carbocycles. The van der Waals surface area contributed by atoms with Crippen molar-refractivity contribution >= 4 is 32.4 Å². The maximum absolute atomic E-state index is 12.4. The van der Waals surface area contributed by atoms with Crippen LogP contribution in [0.25, 0.3) is 0 Å². The third kappa shape index (κ3) is 2.52. The van der Waals surface area contributed by atoms with Gasteiger partial charge in [0.05, 0.1) is 0 Å². The Labute approximate surface area is 129 Å². The molecule has 3 N–H and O–H groups in total. The van der Waals surface area contributed by atoms with Crippen LogP contribution in [0.1, 0.15) is 19.3 Å². The van der Waals surface area contributed by atoms with Gasteiger partial charge in [0.25, 0.3) is 0 Å². The average Bonchev–Trinajstić information content (AvgIpc) is 3.07. The Hall–Kier alpha value is -0.900. The number of nitrogens with zero attached hydrogens (tertiary/aromatic N) is 3. The van der Waals surface area contributed by atoms with Gasteiger partial charge in [-0.2, -0.15) is 4.37 Å². The largest absolute Gasteiger partial charge is 0.382 e. The number of hydrogen-bond acceptors (Lipinski definition) is 7. The summed E-state index contributed by atoms with van der Waals surface area (Å²) in [7, 11) is -0.570. The van der Waals surface area contributed by atoms with Crippen molar-refractivity contribution < 1.29 is 8.42 Å². The minimum Gasteiger partial charge on any atom is -0.382 e. The van der Waals surface area contributed by atoms with Crippen molar-refractivity contribution in [3.63, 3.8) is 0 Å². The van der Waals surface area contributed by atoms with E-state index in [1.165, 1.54) is 31.2 Å². The zero-order valence-electron chi connectivity index (χ0n) is 12.2. The zero-order chi connectivity index (χ0) is 15.2. The summed E-state index contributed by atoms with van der Waals surface area (Å²) in [5, 5.41) is 3.96. The van der Waals surface area contributed by atoms with Crippen LogP contribution >= 0.6 is 11.5 Å². The van der Waals surface area contributed by atoms with Gasteiger partial charge < -0.3 is 11.1 Å². The van der Waals surface area contributed by atoms with Gasteiger partial charge in [-0.3, -0.25) is 4.90 Å². The summed E-state index contributed by atoms with van der Waals surface area (Å²) >= 11 is 1.13. The lowest BCUT2D eigenvalue weighted by atomic mass is 10.1. The zero-order valence-corrected chi connectivity index (χ0v) is 13.9. The van der Waals surface area contributed by atoms with Crippen molar-refractivity contribution in [2.75, 3.05) is 38.2 Å². The molecular formula is C12H21N5O2S2. The monoisotopic (exact) mass is 331 g/mol. The number of sulfonamides is 1. The molecule has 118 valence electrons. The number of anilines is 2. The molecule has 2 aliphatic rings. The van der Waals surface area contributed by atoms with E-state index in [-0.39, 0.29) is 16.8 Å². The molecule has 2 aliphatic heterocycles. The minimum absolute atomic E-state index is 0.0810. The van der Waals surface area contributed by atoms with Gasteiger partial charge in [0.15, 0.2) is 10.7 Å².